The topological polar surface area (TPSA) is 55.9 Å². The first-order valence-corrected chi connectivity index (χ1v) is 12.4. The SMILES string of the molecule is CN1CCN(CCCNC(=O)CN2C(=O)C(=Cc3cccc(Cl)c3)Sc3ccccc32)CC1. The molecule has 0 aliphatic carbocycles. The number of amides is 2. The fourth-order valence-corrected chi connectivity index (χ4v) is 5.23. The van der Waals surface area contributed by atoms with Gasteiger partial charge < -0.3 is 15.1 Å². The number of nitrogens with zero attached hydrogens (tertiary/aromatic N) is 3. The van der Waals surface area contributed by atoms with Gasteiger partial charge in [0.25, 0.3) is 5.91 Å². The van der Waals surface area contributed by atoms with Crippen LogP contribution in [0, 0.1) is 0 Å². The third kappa shape index (κ3) is 6.38. The maximum Gasteiger partial charge on any atom is 0.265 e. The van der Waals surface area contributed by atoms with Crippen LogP contribution in [0.3, 0.4) is 0 Å². The van der Waals surface area contributed by atoms with Gasteiger partial charge in [-0.15, -0.1) is 0 Å². The Morgan fingerprint density at radius 2 is 1.91 bits per heavy atom. The average Bonchev–Trinajstić information content (AvgIpc) is 2.81. The zero-order valence-corrected chi connectivity index (χ0v) is 20.4. The molecule has 1 N–H and O–H groups in total. The van der Waals surface area contributed by atoms with Crippen LogP contribution in [0.25, 0.3) is 6.08 Å². The van der Waals surface area contributed by atoms with E-state index in [1.165, 1.54) is 11.8 Å². The number of halogens is 1. The van der Waals surface area contributed by atoms with Crippen LogP contribution in [0.2, 0.25) is 5.02 Å². The second kappa shape index (κ2) is 11.2. The fraction of sp³-hybridized carbons (Fsp3) is 0.360. The van der Waals surface area contributed by atoms with Gasteiger partial charge in [-0.05, 0) is 55.9 Å². The van der Waals surface area contributed by atoms with Crippen LogP contribution in [0.15, 0.2) is 58.3 Å². The van der Waals surface area contributed by atoms with Crippen molar-refractivity contribution in [2.75, 3.05) is 57.8 Å². The molecule has 2 amide bonds. The summed E-state index contributed by atoms with van der Waals surface area (Å²) in [5, 5.41) is 3.60. The molecule has 2 aromatic carbocycles. The van der Waals surface area contributed by atoms with Crippen LogP contribution in [-0.2, 0) is 9.59 Å². The quantitative estimate of drug-likeness (QED) is 0.481. The zero-order chi connectivity index (χ0) is 23.2. The van der Waals surface area contributed by atoms with E-state index in [1.807, 2.05) is 48.5 Å². The highest BCUT2D eigenvalue weighted by molar-refractivity contribution is 8.04. The summed E-state index contributed by atoms with van der Waals surface area (Å²) >= 11 is 7.52. The number of thioether (sulfide) groups is 1. The molecule has 0 aromatic heterocycles. The largest absolute Gasteiger partial charge is 0.355 e. The number of para-hydroxylation sites is 1. The summed E-state index contributed by atoms with van der Waals surface area (Å²) in [6, 6.07) is 15.1. The molecule has 6 nitrogen and oxygen atoms in total. The third-order valence-electron chi connectivity index (χ3n) is 5.85. The first-order valence-electron chi connectivity index (χ1n) is 11.2. The smallest absolute Gasteiger partial charge is 0.265 e. The molecule has 0 atom stereocenters. The molecule has 1 fully saturated rings. The Labute approximate surface area is 204 Å². The van der Waals surface area contributed by atoms with Crippen LogP contribution < -0.4 is 10.2 Å². The molecule has 0 unspecified atom stereocenters. The molecule has 4 rings (SSSR count). The van der Waals surface area contributed by atoms with Crippen molar-refractivity contribution in [3.8, 4) is 0 Å². The van der Waals surface area contributed by atoms with Crippen molar-refractivity contribution in [1.82, 2.24) is 15.1 Å². The second-order valence-electron chi connectivity index (χ2n) is 8.37. The predicted octanol–water partition coefficient (Wildman–Crippen LogP) is 3.57. The number of likely N-dealkylation sites (N-methyl/N-ethyl adjacent to an activating group) is 1. The standard InChI is InChI=1S/C25H29ClN4O2S/c1-28-12-14-29(15-13-28)11-5-10-27-24(31)18-30-21-8-2-3-9-22(21)33-23(25(30)32)17-19-6-4-7-20(26)16-19/h2-4,6-9,16-17H,5,10-15,18H2,1H3,(H,27,31). The van der Waals surface area contributed by atoms with Gasteiger partial charge in [-0.3, -0.25) is 14.5 Å². The number of hydrogen-bond donors (Lipinski definition) is 1. The molecule has 0 saturated carbocycles. The summed E-state index contributed by atoms with van der Waals surface area (Å²) in [6.45, 7) is 5.90. The number of benzene rings is 2. The van der Waals surface area contributed by atoms with Gasteiger partial charge in [-0.25, -0.2) is 0 Å². The number of carbonyl (C=O) groups is 2. The lowest BCUT2D eigenvalue weighted by molar-refractivity contribution is -0.122. The Hall–Kier alpha value is -2.32. The Morgan fingerprint density at radius 1 is 1.12 bits per heavy atom. The summed E-state index contributed by atoms with van der Waals surface area (Å²) in [5.74, 6) is -0.322. The molecule has 8 heteroatoms. The van der Waals surface area contributed by atoms with E-state index in [1.54, 1.807) is 11.0 Å². The van der Waals surface area contributed by atoms with Gasteiger partial charge in [0.2, 0.25) is 5.91 Å². The summed E-state index contributed by atoms with van der Waals surface area (Å²) in [6.07, 6.45) is 2.73. The Morgan fingerprint density at radius 3 is 2.70 bits per heavy atom. The molecule has 0 spiro atoms. The van der Waals surface area contributed by atoms with Gasteiger partial charge in [0.05, 0.1) is 10.6 Å². The highest BCUT2D eigenvalue weighted by Crippen LogP contribution is 2.41. The molecule has 33 heavy (non-hydrogen) atoms. The second-order valence-corrected chi connectivity index (χ2v) is 9.89. The average molecular weight is 485 g/mol. The Kier molecular flexibility index (Phi) is 8.09. The number of rotatable bonds is 7. The molecule has 0 bridgehead atoms. The molecule has 2 aliphatic heterocycles. The van der Waals surface area contributed by atoms with Gasteiger partial charge >= 0.3 is 0 Å². The number of fused-ring (bicyclic) bond motifs is 1. The monoisotopic (exact) mass is 484 g/mol. The van der Waals surface area contributed by atoms with Crippen molar-refractivity contribution in [1.29, 1.82) is 0 Å². The van der Waals surface area contributed by atoms with E-state index < -0.39 is 0 Å². The summed E-state index contributed by atoms with van der Waals surface area (Å²) in [4.78, 5) is 33.8. The lowest BCUT2D eigenvalue weighted by Gasteiger charge is -2.32. The van der Waals surface area contributed by atoms with Gasteiger partial charge in [-0.1, -0.05) is 47.6 Å². The number of hydrogen-bond acceptors (Lipinski definition) is 5. The highest BCUT2D eigenvalue weighted by atomic mass is 35.5. The predicted molar refractivity (Wildman–Crippen MR) is 136 cm³/mol. The van der Waals surface area contributed by atoms with Gasteiger partial charge in [-0.2, -0.15) is 0 Å². The molecular weight excluding hydrogens is 456 g/mol. The minimum atomic E-state index is -0.175. The van der Waals surface area contributed by atoms with Crippen molar-refractivity contribution >= 4 is 46.9 Å². The lowest BCUT2D eigenvalue weighted by Crippen LogP contribution is -2.45. The first kappa shape index (κ1) is 23.8. The van der Waals surface area contributed by atoms with E-state index in [0.29, 0.717) is 16.5 Å². The van der Waals surface area contributed by atoms with Crippen LogP contribution >= 0.6 is 23.4 Å². The van der Waals surface area contributed by atoms with Crippen molar-refractivity contribution in [2.45, 2.75) is 11.3 Å². The molecule has 2 aromatic rings. The van der Waals surface area contributed by atoms with Crippen molar-refractivity contribution < 1.29 is 9.59 Å². The Balaban J connectivity index is 1.38. The van der Waals surface area contributed by atoms with Crippen molar-refractivity contribution in [2.24, 2.45) is 0 Å². The van der Waals surface area contributed by atoms with E-state index in [4.69, 9.17) is 11.6 Å². The molecule has 0 radical (unpaired) electrons. The lowest BCUT2D eigenvalue weighted by atomic mass is 10.2. The number of nitrogens with one attached hydrogen (secondary N) is 1. The zero-order valence-electron chi connectivity index (χ0n) is 18.8. The molecule has 174 valence electrons. The summed E-state index contributed by atoms with van der Waals surface area (Å²) < 4.78 is 0. The van der Waals surface area contributed by atoms with Gasteiger partial charge in [0.15, 0.2) is 0 Å². The number of anilines is 1. The van der Waals surface area contributed by atoms with Crippen LogP contribution in [0.1, 0.15) is 12.0 Å². The van der Waals surface area contributed by atoms with E-state index in [0.717, 1.165) is 55.3 Å². The molecular formula is C25H29ClN4O2S. The minimum Gasteiger partial charge on any atom is -0.355 e. The van der Waals surface area contributed by atoms with Crippen LogP contribution in [0.5, 0.6) is 0 Å². The summed E-state index contributed by atoms with van der Waals surface area (Å²) in [5.41, 5.74) is 1.62. The number of piperazine rings is 1. The first-order chi connectivity index (χ1) is 16.0. The van der Waals surface area contributed by atoms with E-state index in [9.17, 15) is 9.59 Å². The van der Waals surface area contributed by atoms with E-state index in [2.05, 4.69) is 22.2 Å². The maximum absolute atomic E-state index is 13.3. The van der Waals surface area contributed by atoms with Gasteiger partial charge in [0, 0.05) is 42.6 Å². The Bertz CT molecular complexity index is 1040. The van der Waals surface area contributed by atoms with Crippen LogP contribution in [0.4, 0.5) is 5.69 Å². The maximum atomic E-state index is 13.3. The van der Waals surface area contributed by atoms with Crippen LogP contribution in [-0.4, -0.2) is 74.5 Å². The third-order valence-corrected chi connectivity index (χ3v) is 7.16. The van der Waals surface area contributed by atoms with E-state index in [-0.39, 0.29) is 18.4 Å². The highest BCUT2D eigenvalue weighted by Gasteiger charge is 2.30. The molecule has 2 aliphatic rings. The van der Waals surface area contributed by atoms with Gasteiger partial charge in [0.1, 0.15) is 6.54 Å². The minimum absolute atomic E-state index is 0.00218. The van der Waals surface area contributed by atoms with E-state index >= 15 is 0 Å². The number of carbonyl (C=O) groups excluding carboxylic acids is 2. The van der Waals surface area contributed by atoms with Crippen molar-refractivity contribution in [3.63, 3.8) is 0 Å². The molecule has 1 saturated heterocycles. The normalized spacial score (nSPS) is 18.4. The fourth-order valence-electron chi connectivity index (χ4n) is 3.97. The van der Waals surface area contributed by atoms with Crippen molar-refractivity contribution in [3.05, 3.63) is 64.0 Å². The summed E-state index contributed by atoms with van der Waals surface area (Å²) in [7, 11) is 2.14. The molecule has 2 heterocycles.